The number of aromatic nitrogens is 2. The molecule has 0 bridgehead atoms. The Morgan fingerprint density at radius 3 is 2.81 bits per heavy atom. The van der Waals surface area contributed by atoms with Crippen LogP contribution in [0.3, 0.4) is 0 Å². The maximum atomic E-state index is 13.2. The van der Waals surface area contributed by atoms with Crippen molar-refractivity contribution in [3.8, 4) is 0 Å². The molecule has 0 unspecified atom stereocenters. The van der Waals surface area contributed by atoms with Gasteiger partial charge in [0.2, 0.25) is 0 Å². The molecule has 0 atom stereocenters. The number of alkyl halides is 3. The molecule has 10 heteroatoms. The summed E-state index contributed by atoms with van der Waals surface area (Å²) in [5.41, 5.74) is 1.36. The summed E-state index contributed by atoms with van der Waals surface area (Å²) in [5.74, 6) is 0.481. The third kappa shape index (κ3) is 4.96. The Hall–Kier alpha value is -2.72. The summed E-state index contributed by atoms with van der Waals surface area (Å²) in [6.07, 6.45) is -1.82. The summed E-state index contributed by atoms with van der Waals surface area (Å²) in [7, 11) is 1.53. The van der Waals surface area contributed by atoms with E-state index in [1.54, 1.807) is 29.2 Å². The highest BCUT2D eigenvalue weighted by molar-refractivity contribution is 8.00. The molecule has 0 radical (unpaired) electrons. The number of thiophene rings is 1. The molecule has 31 heavy (non-hydrogen) atoms. The molecule has 1 aromatic carbocycles. The number of carbonyl (C=O) groups is 1. The molecule has 4 aromatic rings. The van der Waals surface area contributed by atoms with Crippen molar-refractivity contribution in [2.75, 3.05) is 7.05 Å². The van der Waals surface area contributed by atoms with Crippen molar-refractivity contribution in [1.82, 2.24) is 14.5 Å². The Bertz CT molecular complexity index is 1180. The molecular weight excluding hydrogens is 447 g/mol. The van der Waals surface area contributed by atoms with Crippen molar-refractivity contribution in [2.45, 2.75) is 29.2 Å². The number of carbonyl (C=O) groups excluding carboxylic acids is 1. The molecule has 0 spiro atoms. The predicted octanol–water partition coefficient (Wildman–Crippen LogP) is 5.82. The van der Waals surface area contributed by atoms with Crippen LogP contribution in [0.15, 0.2) is 62.8 Å². The number of furan rings is 1. The quantitative estimate of drug-likeness (QED) is 0.323. The van der Waals surface area contributed by atoms with E-state index in [1.807, 2.05) is 35.7 Å². The summed E-state index contributed by atoms with van der Waals surface area (Å²) in [6.45, 7) is -1.23. The molecule has 0 aliphatic heterocycles. The molecule has 0 saturated carbocycles. The van der Waals surface area contributed by atoms with Crippen LogP contribution in [-0.4, -0.2) is 33.6 Å². The van der Waals surface area contributed by atoms with Crippen LogP contribution < -0.4 is 0 Å². The van der Waals surface area contributed by atoms with Crippen LogP contribution in [0.4, 0.5) is 13.2 Å². The molecule has 0 N–H and O–H groups in total. The van der Waals surface area contributed by atoms with E-state index in [0.29, 0.717) is 11.3 Å². The van der Waals surface area contributed by atoms with Gasteiger partial charge in [-0.15, -0.1) is 23.1 Å². The zero-order valence-corrected chi connectivity index (χ0v) is 18.1. The van der Waals surface area contributed by atoms with Gasteiger partial charge in [-0.05, 0) is 17.5 Å². The number of imidazole rings is 1. The maximum Gasteiger partial charge on any atom is 0.406 e. The van der Waals surface area contributed by atoms with Crippen molar-refractivity contribution < 1.29 is 22.4 Å². The lowest BCUT2D eigenvalue weighted by Crippen LogP contribution is -2.29. The van der Waals surface area contributed by atoms with Gasteiger partial charge >= 0.3 is 6.18 Å². The molecule has 162 valence electrons. The van der Waals surface area contributed by atoms with E-state index in [2.05, 4.69) is 4.98 Å². The van der Waals surface area contributed by atoms with Gasteiger partial charge in [0.05, 0.1) is 10.8 Å². The van der Waals surface area contributed by atoms with Gasteiger partial charge in [-0.3, -0.25) is 4.79 Å². The van der Waals surface area contributed by atoms with Gasteiger partial charge in [0, 0.05) is 36.1 Å². The fourth-order valence-electron chi connectivity index (χ4n) is 3.19. The van der Waals surface area contributed by atoms with Crippen LogP contribution in [0.1, 0.15) is 21.9 Å². The van der Waals surface area contributed by atoms with Gasteiger partial charge < -0.3 is 13.9 Å². The number of hydrogen-bond donors (Lipinski definition) is 0. The van der Waals surface area contributed by atoms with E-state index in [-0.39, 0.29) is 18.1 Å². The van der Waals surface area contributed by atoms with Crippen LogP contribution in [0.2, 0.25) is 0 Å². The lowest BCUT2D eigenvalue weighted by molar-refractivity contribution is -0.141. The van der Waals surface area contributed by atoms with Crippen molar-refractivity contribution in [3.05, 3.63) is 71.3 Å². The van der Waals surface area contributed by atoms with Crippen molar-refractivity contribution in [3.63, 3.8) is 0 Å². The fraction of sp³-hybridized carbons (Fsp3) is 0.238. The Kier molecular flexibility index (Phi) is 6.10. The van der Waals surface area contributed by atoms with Crippen LogP contribution in [0.5, 0.6) is 0 Å². The van der Waals surface area contributed by atoms with E-state index in [9.17, 15) is 18.0 Å². The van der Waals surface area contributed by atoms with Crippen LogP contribution in [0.25, 0.3) is 11.0 Å². The van der Waals surface area contributed by atoms with Gasteiger partial charge in [0.15, 0.2) is 5.76 Å². The van der Waals surface area contributed by atoms with E-state index in [1.165, 1.54) is 24.3 Å². The number of para-hydroxylation sites is 1. The monoisotopic (exact) mass is 465 g/mol. The highest BCUT2D eigenvalue weighted by Crippen LogP contribution is 2.34. The summed E-state index contributed by atoms with van der Waals surface area (Å²) in [6, 6.07) is 11.4. The number of benzene rings is 1. The fourth-order valence-corrected chi connectivity index (χ4v) is 5.00. The number of thioether (sulfide) groups is 1. The number of rotatable bonds is 7. The topological polar surface area (TPSA) is 51.3 Å². The summed E-state index contributed by atoms with van der Waals surface area (Å²) < 4.78 is 46.3. The molecule has 0 saturated heterocycles. The van der Waals surface area contributed by atoms with Gasteiger partial charge in [0.25, 0.3) is 5.91 Å². The average molecular weight is 466 g/mol. The van der Waals surface area contributed by atoms with Crippen LogP contribution in [0, 0.1) is 0 Å². The SMILES string of the molecule is CN(Cc1nccn1CC(F)(F)F)C(=O)c1oc2ccccc2c1CSc1cccs1. The Morgan fingerprint density at radius 1 is 1.26 bits per heavy atom. The van der Waals surface area contributed by atoms with E-state index in [0.717, 1.165) is 19.7 Å². The first-order chi connectivity index (χ1) is 14.8. The van der Waals surface area contributed by atoms with Crippen molar-refractivity contribution in [1.29, 1.82) is 0 Å². The first-order valence-corrected chi connectivity index (χ1v) is 11.2. The number of amides is 1. The highest BCUT2D eigenvalue weighted by atomic mass is 32.2. The van der Waals surface area contributed by atoms with Crippen LogP contribution >= 0.6 is 23.1 Å². The Labute approximate surface area is 184 Å². The lowest BCUT2D eigenvalue weighted by atomic mass is 10.1. The third-order valence-electron chi connectivity index (χ3n) is 4.62. The molecule has 1 amide bonds. The standard InChI is InChI=1S/C21H18F3N3O2S2/c1-26(11-17-25-8-9-27(17)13-21(22,23)24)20(28)19-15(12-31-18-7-4-10-30-18)14-5-2-3-6-16(14)29-19/h2-10H,11-13H2,1H3. The first-order valence-electron chi connectivity index (χ1n) is 9.31. The average Bonchev–Trinajstić information content (AvgIpc) is 3.45. The molecule has 4 rings (SSSR count). The lowest BCUT2D eigenvalue weighted by Gasteiger charge is -2.18. The van der Waals surface area contributed by atoms with Gasteiger partial charge in [-0.2, -0.15) is 13.2 Å². The van der Waals surface area contributed by atoms with E-state index in [4.69, 9.17) is 4.42 Å². The zero-order valence-electron chi connectivity index (χ0n) is 16.4. The number of hydrogen-bond acceptors (Lipinski definition) is 5. The number of fused-ring (bicyclic) bond motifs is 1. The minimum atomic E-state index is -4.37. The second kappa shape index (κ2) is 8.80. The summed E-state index contributed by atoms with van der Waals surface area (Å²) in [5, 5.41) is 2.83. The predicted molar refractivity (Wildman–Crippen MR) is 114 cm³/mol. The second-order valence-corrected chi connectivity index (χ2v) is 9.10. The van der Waals surface area contributed by atoms with E-state index >= 15 is 0 Å². The van der Waals surface area contributed by atoms with E-state index < -0.39 is 18.6 Å². The Balaban J connectivity index is 1.58. The molecule has 0 aliphatic carbocycles. The second-order valence-electron chi connectivity index (χ2n) is 6.87. The minimum Gasteiger partial charge on any atom is -0.451 e. The normalized spacial score (nSPS) is 11.9. The van der Waals surface area contributed by atoms with Gasteiger partial charge in [-0.25, -0.2) is 4.98 Å². The molecule has 5 nitrogen and oxygen atoms in total. The molecule has 3 heterocycles. The Morgan fingerprint density at radius 2 is 2.06 bits per heavy atom. The summed E-state index contributed by atoms with van der Waals surface area (Å²) >= 11 is 3.22. The first kappa shape index (κ1) is 21.5. The molecule has 3 aromatic heterocycles. The van der Waals surface area contributed by atoms with Crippen molar-refractivity contribution in [2.24, 2.45) is 0 Å². The number of halogens is 3. The highest BCUT2D eigenvalue weighted by Gasteiger charge is 2.30. The smallest absolute Gasteiger partial charge is 0.406 e. The van der Waals surface area contributed by atoms with Gasteiger partial charge in [-0.1, -0.05) is 24.3 Å². The molecule has 0 fully saturated rings. The maximum absolute atomic E-state index is 13.2. The largest absolute Gasteiger partial charge is 0.451 e. The third-order valence-corrected chi connectivity index (χ3v) is 6.78. The number of nitrogens with zero attached hydrogens (tertiary/aromatic N) is 3. The molecular formula is C21H18F3N3O2S2. The van der Waals surface area contributed by atoms with Crippen LogP contribution in [-0.2, 0) is 18.8 Å². The minimum absolute atomic E-state index is 0.0730. The van der Waals surface area contributed by atoms with Crippen molar-refractivity contribution >= 4 is 40.0 Å². The van der Waals surface area contributed by atoms with Gasteiger partial charge in [0.1, 0.15) is 18.0 Å². The summed E-state index contributed by atoms with van der Waals surface area (Å²) in [4.78, 5) is 18.5. The zero-order chi connectivity index (χ0) is 22.0. The molecule has 0 aliphatic rings.